The zero-order chi connectivity index (χ0) is 18.1. The van der Waals surface area contributed by atoms with E-state index in [0.717, 1.165) is 4.90 Å². The van der Waals surface area contributed by atoms with Gasteiger partial charge in [0.25, 0.3) is 17.7 Å². The third kappa shape index (κ3) is 2.88. The topological polar surface area (TPSA) is 105 Å². The SMILES string of the molecule is O=C(NCc1nc(CN2C(=O)c3ccccc3C2=O)no1)c1cccs1. The molecule has 0 aliphatic carbocycles. The van der Waals surface area contributed by atoms with Gasteiger partial charge in [-0.15, -0.1) is 11.3 Å². The molecule has 8 nitrogen and oxygen atoms in total. The van der Waals surface area contributed by atoms with Gasteiger partial charge in [0.05, 0.1) is 29.1 Å². The van der Waals surface area contributed by atoms with Crippen LogP contribution in [0.1, 0.15) is 42.1 Å². The number of nitrogens with zero attached hydrogens (tertiary/aromatic N) is 3. The number of thiophene rings is 1. The number of benzene rings is 1. The first kappa shape index (κ1) is 16.2. The van der Waals surface area contributed by atoms with Crippen molar-refractivity contribution in [2.75, 3.05) is 0 Å². The molecular weight excluding hydrogens is 356 g/mol. The molecule has 1 N–H and O–H groups in total. The Morgan fingerprint density at radius 1 is 1.12 bits per heavy atom. The van der Waals surface area contributed by atoms with Crippen molar-refractivity contribution in [1.29, 1.82) is 0 Å². The Morgan fingerprint density at radius 3 is 2.50 bits per heavy atom. The van der Waals surface area contributed by atoms with E-state index in [2.05, 4.69) is 15.5 Å². The summed E-state index contributed by atoms with van der Waals surface area (Å²) >= 11 is 1.33. The van der Waals surface area contributed by atoms with Crippen LogP contribution in [0.4, 0.5) is 0 Å². The van der Waals surface area contributed by atoms with Crippen LogP contribution in [0.15, 0.2) is 46.3 Å². The fourth-order valence-corrected chi connectivity index (χ4v) is 3.24. The van der Waals surface area contributed by atoms with Gasteiger partial charge in [-0.25, -0.2) is 0 Å². The van der Waals surface area contributed by atoms with E-state index in [0.29, 0.717) is 16.0 Å². The molecule has 2 aromatic heterocycles. The Kier molecular flexibility index (Phi) is 4.05. The molecule has 4 rings (SSSR count). The molecule has 3 aromatic rings. The van der Waals surface area contributed by atoms with Crippen molar-refractivity contribution in [2.45, 2.75) is 13.1 Å². The second kappa shape index (κ2) is 6.52. The molecule has 0 fully saturated rings. The van der Waals surface area contributed by atoms with Crippen LogP contribution in [-0.2, 0) is 13.1 Å². The fraction of sp³-hybridized carbons (Fsp3) is 0.118. The number of hydrogen-bond donors (Lipinski definition) is 1. The van der Waals surface area contributed by atoms with Crippen LogP contribution >= 0.6 is 11.3 Å². The Hall–Kier alpha value is -3.33. The normalized spacial score (nSPS) is 13.2. The zero-order valence-electron chi connectivity index (χ0n) is 13.3. The van der Waals surface area contributed by atoms with Gasteiger partial charge in [-0.05, 0) is 23.6 Å². The van der Waals surface area contributed by atoms with Gasteiger partial charge in [-0.2, -0.15) is 4.98 Å². The molecule has 26 heavy (non-hydrogen) atoms. The maximum Gasteiger partial charge on any atom is 0.261 e. The lowest BCUT2D eigenvalue weighted by Gasteiger charge is -2.10. The Labute approximate surface area is 151 Å². The van der Waals surface area contributed by atoms with Crippen LogP contribution in [0, 0.1) is 0 Å². The van der Waals surface area contributed by atoms with E-state index in [9.17, 15) is 14.4 Å². The van der Waals surface area contributed by atoms with Crippen LogP contribution in [0.3, 0.4) is 0 Å². The minimum atomic E-state index is -0.386. The molecule has 130 valence electrons. The standard InChI is InChI=1S/C17H12N4O4S/c22-15(12-6-3-7-26-12)18-8-14-19-13(20-25-14)9-21-16(23)10-4-1-2-5-11(10)17(21)24/h1-7H,8-9H2,(H,18,22). The van der Waals surface area contributed by atoms with Gasteiger partial charge in [0.1, 0.15) is 0 Å². The van der Waals surface area contributed by atoms with E-state index >= 15 is 0 Å². The number of hydrogen-bond acceptors (Lipinski definition) is 7. The molecule has 3 heterocycles. The summed E-state index contributed by atoms with van der Waals surface area (Å²) < 4.78 is 5.07. The number of carbonyl (C=O) groups is 3. The van der Waals surface area contributed by atoms with E-state index < -0.39 is 0 Å². The number of amides is 3. The molecule has 0 spiro atoms. The van der Waals surface area contributed by atoms with Gasteiger partial charge in [0.15, 0.2) is 5.82 Å². The summed E-state index contributed by atoms with van der Waals surface area (Å²) in [4.78, 5) is 42.3. The average Bonchev–Trinajstić information content (AvgIpc) is 3.38. The number of fused-ring (bicyclic) bond motifs is 1. The van der Waals surface area contributed by atoms with Crippen LogP contribution in [-0.4, -0.2) is 32.8 Å². The maximum atomic E-state index is 12.3. The molecule has 0 saturated heterocycles. The van der Waals surface area contributed by atoms with Crippen LogP contribution in [0.25, 0.3) is 0 Å². The van der Waals surface area contributed by atoms with Gasteiger partial charge < -0.3 is 9.84 Å². The van der Waals surface area contributed by atoms with Gasteiger partial charge in [0.2, 0.25) is 5.89 Å². The predicted molar refractivity (Wildman–Crippen MR) is 90.4 cm³/mol. The molecule has 0 saturated carbocycles. The minimum Gasteiger partial charge on any atom is -0.342 e. The van der Waals surface area contributed by atoms with E-state index in [1.807, 2.05) is 5.38 Å². The van der Waals surface area contributed by atoms with Crippen molar-refractivity contribution >= 4 is 29.1 Å². The Bertz CT molecular complexity index is 961. The maximum absolute atomic E-state index is 12.3. The van der Waals surface area contributed by atoms with Crippen molar-refractivity contribution in [1.82, 2.24) is 20.4 Å². The number of aromatic nitrogens is 2. The van der Waals surface area contributed by atoms with E-state index in [-0.39, 0.29) is 42.5 Å². The minimum absolute atomic E-state index is 0.0614. The average molecular weight is 368 g/mol. The van der Waals surface area contributed by atoms with Gasteiger partial charge in [0, 0.05) is 0 Å². The van der Waals surface area contributed by atoms with Crippen molar-refractivity contribution < 1.29 is 18.9 Å². The van der Waals surface area contributed by atoms with E-state index in [1.54, 1.807) is 36.4 Å². The van der Waals surface area contributed by atoms with Crippen LogP contribution < -0.4 is 5.32 Å². The zero-order valence-corrected chi connectivity index (χ0v) is 14.2. The van der Waals surface area contributed by atoms with Gasteiger partial charge in [-0.1, -0.05) is 23.4 Å². The lowest BCUT2D eigenvalue weighted by Crippen LogP contribution is -2.29. The summed E-state index contributed by atoms with van der Waals surface area (Å²) in [7, 11) is 0. The molecule has 0 atom stereocenters. The van der Waals surface area contributed by atoms with Crippen molar-refractivity contribution in [3.63, 3.8) is 0 Å². The highest BCUT2D eigenvalue weighted by molar-refractivity contribution is 7.12. The fourth-order valence-electron chi connectivity index (χ4n) is 2.60. The van der Waals surface area contributed by atoms with Crippen LogP contribution in [0.5, 0.6) is 0 Å². The third-order valence-corrected chi connectivity index (χ3v) is 4.70. The van der Waals surface area contributed by atoms with Crippen molar-refractivity contribution in [3.8, 4) is 0 Å². The highest BCUT2D eigenvalue weighted by Crippen LogP contribution is 2.23. The first-order valence-electron chi connectivity index (χ1n) is 7.72. The summed E-state index contributed by atoms with van der Waals surface area (Å²) in [5, 5.41) is 8.25. The second-order valence-electron chi connectivity index (χ2n) is 5.51. The smallest absolute Gasteiger partial charge is 0.261 e. The summed E-state index contributed by atoms with van der Waals surface area (Å²) in [6.45, 7) is -0.0272. The monoisotopic (exact) mass is 368 g/mol. The summed E-state index contributed by atoms with van der Waals surface area (Å²) in [6.07, 6.45) is 0. The molecule has 0 bridgehead atoms. The molecule has 1 aliphatic rings. The number of nitrogens with one attached hydrogen (secondary N) is 1. The summed E-state index contributed by atoms with van der Waals surface area (Å²) in [5.74, 6) is -0.618. The summed E-state index contributed by atoms with van der Waals surface area (Å²) in [6, 6.07) is 10.1. The van der Waals surface area contributed by atoms with E-state index in [4.69, 9.17) is 4.52 Å². The quantitative estimate of drug-likeness (QED) is 0.689. The summed E-state index contributed by atoms with van der Waals surface area (Å²) in [5.41, 5.74) is 0.730. The lowest BCUT2D eigenvalue weighted by molar-refractivity contribution is 0.0637. The molecule has 0 unspecified atom stereocenters. The Balaban J connectivity index is 1.41. The molecule has 9 heteroatoms. The number of rotatable bonds is 5. The molecule has 0 radical (unpaired) electrons. The highest BCUT2D eigenvalue weighted by Gasteiger charge is 2.35. The number of imide groups is 1. The van der Waals surface area contributed by atoms with E-state index in [1.165, 1.54) is 11.3 Å². The molecule has 1 aliphatic heterocycles. The highest BCUT2D eigenvalue weighted by atomic mass is 32.1. The van der Waals surface area contributed by atoms with Crippen molar-refractivity contribution in [2.24, 2.45) is 0 Å². The lowest BCUT2D eigenvalue weighted by atomic mass is 10.1. The Morgan fingerprint density at radius 2 is 1.85 bits per heavy atom. The first-order valence-corrected chi connectivity index (χ1v) is 8.60. The van der Waals surface area contributed by atoms with Gasteiger partial charge >= 0.3 is 0 Å². The predicted octanol–water partition coefficient (Wildman–Crippen LogP) is 1.86. The van der Waals surface area contributed by atoms with Crippen LogP contribution in [0.2, 0.25) is 0 Å². The third-order valence-electron chi connectivity index (χ3n) is 3.83. The van der Waals surface area contributed by atoms with Gasteiger partial charge in [-0.3, -0.25) is 19.3 Å². The first-order chi connectivity index (χ1) is 12.6. The number of carbonyl (C=O) groups excluding carboxylic acids is 3. The van der Waals surface area contributed by atoms with Crippen molar-refractivity contribution in [3.05, 3.63) is 69.5 Å². The largest absolute Gasteiger partial charge is 0.342 e. The molecular formula is C17H12N4O4S. The second-order valence-corrected chi connectivity index (χ2v) is 6.45. The molecule has 3 amide bonds. The molecule has 1 aromatic carbocycles.